The summed E-state index contributed by atoms with van der Waals surface area (Å²) in [5.41, 5.74) is 7.70. The van der Waals surface area contributed by atoms with Gasteiger partial charge in [0.05, 0.1) is 10.6 Å². The molecule has 2 heterocycles. The molecule has 0 aliphatic carbocycles. The molecular weight excluding hydrogens is 264 g/mol. The molecule has 0 radical (unpaired) electrons. The molecule has 0 atom stereocenters. The molecule has 5 nitrogen and oxygen atoms in total. The van der Waals surface area contributed by atoms with Crippen LogP contribution in [-0.4, -0.2) is 15.1 Å². The van der Waals surface area contributed by atoms with Crippen molar-refractivity contribution < 1.29 is 4.52 Å². The molecule has 1 aromatic carbocycles. The van der Waals surface area contributed by atoms with Crippen LogP contribution in [0.4, 0.5) is 5.69 Å². The van der Waals surface area contributed by atoms with Crippen LogP contribution in [0.3, 0.4) is 0 Å². The third kappa shape index (κ3) is 2.28. The Bertz CT molecular complexity index is 712. The molecule has 3 rings (SSSR count). The van der Waals surface area contributed by atoms with Crippen molar-refractivity contribution in [2.45, 2.75) is 0 Å². The minimum Gasteiger partial charge on any atom is -0.399 e. The van der Waals surface area contributed by atoms with Crippen molar-refractivity contribution in [3.05, 3.63) is 47.7 Å². The first kappa shape index (κ1) is 11.7. The second-order valence-electron chi connectivity index (χ2n) is 3.90. The van der Waals surface area contributed by atoms with Gasteiger partial charge in [-0.3, -0.25) is 4.98 Å². The number of anilines is 1. The minimum absolute atomic E-state index is 0.330. The molecule has 2 aromatic heterocycles. The Balaban J connectivity index is 2.04. The largest absolute Gasteiger partial charge is 0.399 e. The van der Waals surface area contributed by atoms with Gasteiger partial charge in [0, 0.05) is 23.6 Å². The van der Waals surface area contributed by atoms with Crippen molar-refractivity contribution in [3.8, 4) is 22.8 Å². The Morgan fingerprint density at radius 3 is 2.89 bits per heavy atom. The van der Waals surface area contributed by atoms with E-state index in [1.807, 2.05) is 6.07 Å². The number of pyridine rings is 1. The smallest absolute Gasteiger partial charge is 0.259 e. The lowest BCUT2D eigenvalue weighted by atomic mass is 10.2. The zero-order valence-corrected chi connectivity index (χ0v) is 10.5. The number of halogens is 1. The van der Waals surface area contributed by atoms with Gasteiger partial charge in [-0.25, -0.2) is 0 Å². The third-order valence-electron chi connectivity index (χ3n) is 2.57. The maximum absolute atomic E-state index is 6.09. The first-order valence-corrected chi connectivity index (χ1v) is 5.91. The van der Waals surface area contributed by atoms with Crippen molar-refractivity contribution in [3.63, 3.8) is 0 Å². The molecule has 0 fully saturated rings. The van der Waals surface area contributed by atoms with Crippen LogP contribution >= 0.6 is 11.6 Å². The molecule has 6 heteroatoms. The highest BCUT2D eigenvalue weighted by Gasteiger charge is 2.13. The number of nitrogens with two attached hydrogens (primary N) is 1. The molecule has 94 valence electrons. The fourth-order valence-corrected chi connectivity index (χ4v) is 1.85. The van der Waals surface area contributed by atoms with E-state index >= 15 is 0 Å². The molecule has 0 saturated carbocycles. The van der Waals surface area contributed by atoms with Gasteiger partial charge in [0.2, 0.25) is 5.82 Å². The standard InChI is InChI=1S/C13H9ClN4O/c14-11-4-3-9(15)6-10(11)13-17-12(18-19-13)8-2-1-5-16-7-8/h1-7H,15H2. The second kappa shape index (κ2) is 4.70. The van der Waals surface area contributed by atoms with E-state index in [4.69, 9.17) is 21.9 Å². The summed E-state index contributed by atoms with van der Waals surface area (Å²) in [6, 6.07) is 8.76. The fourth-order valence-electron chi connectivity index (χ4n) is 1.65. The van der Waals surface area contributed by atoms with Gasteiger partial charge in [-0.1, -0.05) is 16.8 Å². The van der Waals surface area contributed by atoms with Gasteiger partial charge in [0.25, 0.3) is 5.89 Å². The predicted octanol–water partition coefficient (Wildman–Crippen LogP) is 3.03. The molecule has 0 saturated heterocycles. The first-order valence-electron chi connectivity index (χ1n) is 5.53. The van der Waals surface area contributed by atoms with E-state index in [1.54, 1.807) is 36.7 Å². The molecule has 0 amide bonds. The lowest BCUT2D eigenvalue weighted by Gasteiger charge is -1.99. The van der Waals surface area contributed by atoms with Crippen LogP contribution in [0.5, 0.6) is 0 Å². The Morgan fingerprint density at radius 1 is 1.21 bits per heavy atom. The lowest BCUT2D eigenvalue weighted by molar-refractivity contribution is 0.432. The summed E-state index contributed by atoms with van der Waals surface area (Å²) in [6.45, 7) is 0. The van der Waals surface area contributed by atoms with Gasteiger partial charge in [-0.2, -0.15) is 4.98 Å². The number of hydrogen-bond donors (Lipinski definition) is 1. The Kier molecular flexibility index (Phi) is 2.89. The molecule has 0 aliphatic rings. The number of benzene rings is 1. The van der Waals surface area contributed by atoms with Gasteiger partial charge in [0.1, 0.15) is 0 Å². The molecule has 0 aliphatic heterocycles. The maximum Gasteiger partial charge on any atom is 0.259 e. The lowest BCUT2D eigenvalue weighted by Crippen LogP contribution is -1.87. The highest BCUT2D eigenvalue weighted by atomic mass is 35.5. The van der Waals surface area contributed by atoms with Crippen LogP contribution in [0.15, 0.2) is 47.2 Å². The highest BCUT2D eigenvalue weighted by molar-refractivity contribution is 6.33. The fraction of sp³-hybridized carbons (Fsp3) is 0. The second-order valence-corrected chi connectivity index (χ2v) is 4.31. The average Bonchev–Trinajstić information content (AvgIpc) is 2.92. The van der Waals surface area contributed by atoms with E-state index in [1.165, 1.54) is 0 Å². The summed E-state index contributed by atoms with van der Waals surface area (Å²) in [5.74, 6) is 0.790. The third-order valence-corrected chi connectivity index (χ3v) is 2.90. The summed E-state index contributed by atoms with van der Waals surface area (Å²) in [4.78, 5) is 8.30. The van der Waals surface area contributed by atoms with Crippen molar-refractivity contribution >= 4 is 17.3 Å². The molecule has 3 aromatic rings. The van der Waals surface area contributed by atoms with E-state index in [2.05, 4.69) is 15.1 Å². The summed E-state index contributed by atoms with van der Waals surface area (Å²) >= 11 is 6.09. The highest BCUT2D eigenvalue weighted by Crippen LogP contribution is 2.29. The first-order chi connectivity index (χ1) is 9.24. The molecule has 19 heavy (non-hydrogen) atoms. The number of nitrogen functional groups attached to an aromatic ring is 1. The van der Waals surface area contributed by atoms with E-state index in [0.29, 0.717) is 28.0 Å². The van der Waals surface area contributed by atoms with Gasteiger partial charge < -0.3 is 10.3 Å². The monoisotopic (exact) mass is 272 g/mol. The van der Waals surface area contributed by atoms with Crippen molar-refractivity contribution in [1.29, 1.82) is 0 Å². The predicted molar refractivity (Wildman–Crippen MR) is 72.4 cm³/mol. The zero-order valence-electron chi connectivity index (χ0n) is 9.75. The maximum atomic E-state index is 6.09. The molecular formula is C13H9ClN4O. The number of rotatable bonds is 2. The normalized spacial score (nSPS) is 10.6. The van der Waals surface area contributed by atoms with E-state index in [-0.39, 0.29) is 0 Å². The van der Waals surface area contributed by atoms with Gasteiger partial charge in [-0.05, 0) is 30.3 Å². The molecule has 2 N–H and O–H groups in total. The van der Waals surface area contributed by atoms with Crippen LogP contribution < -0.4 is 5.73 Å². The Morgan fingerprint density at radius 2 is 2.11 bits per heavy atom. The van der Waals surface area contributed by atoms with E-state index < -0.39 is 0 Å². The van der Waals surface area contributed by atoms with Gasteiger partial charge in [-0.15, -0.1) is 0 Å². The average molecular weight is 273 g/mol. The van der Waals surface area contributed by atoms with Gasteiger partial charge >= 0.3 is 0 Å². The van der Waals surface area contributed by atoms with Crippen LogP contribution in [0.25, 0.3) is 22.8 Å². The summed E-state index contributed by atoms with van der Waals surface area (Å²) in [6.07, 6.45) is 3.34. The van der Waals surface area contributed by atoms with Crippen LogP contribution in [0.1, 0.15) is 0 Å². The van der Waals surface area contributed by atoms with Crippen molar-refractivity contribution in [2.75, 3.05) is 5.73 Å². The number of aromatic nitrogens is 3. The number of hydrogen-bond acceptors (Lipinski definition) is 5. The zero-order chi connectivity index (χ0) is 13.2. The summed E-state index contributed by atoms with van der Waals surface area (Å²) in [5, 5.41) is 4.42. The molecule has 0 unspecified atom stereocenters. The minimum atomic E-state index is 0.330. The van der Waals surface area contributed by atoms with Crippen LogP contribution in [0.2, 0.25) is 5.02 Å². The van der Waals surface area contributed by atoms with Crippen molar-refractivity contribution in [1.82, 2.24) is 15.1 Å². The molecule has 0 spiro atoms. The summed E-state index contributed by atoms with van der Waals surface area (Å²) < 4.78 is 5.21. The number of nitrogens with zero attached hydrogens (tertiary/aromatic N) is 3. The quantitative estimate of drug-likeness (QED) is 0.726. The van der Waals surface area contributed by atoms with Crippen LogP contribution in [0, 0.1) is 0 Å². The Hall–Kier alpha value is -2.40. The topological polar surface area (TPSA) is 77.8 Å². The SMILES string of the molecule is Nc1ccc(Cl)c(-c2nc(-c3cccnc3)no2)c1. The van der Waals surface area contributed by atoms with Crippen LogP contribution in [-0.2, 0) is 0 Å². The van der Waals surface area contributed by atoms with E-state index in [0.717, 1.165) is 5.56 Å². The molecule has 0 bridgehead atoms. The Labute approximate surface area is 114 Å². The van der Waals surface area contributed by atoms with Gasteiger partial charge in [0.15, 0.2) is 0 Å². The summed E-state index contributed by atoms with van der Waals surface area (Å²) in [7, 11) is 0. The van der Waals surface area contributed by atoms with E-state index in [9.17, 15) is 0 Å². The van der Waals surface area contributed by atoms with Crippen molar-refractivity contribution in [2.24, 2.45) is 0 Å².